The molecule has 4 rings (SSSR count). The molecule has 2 unspecified atom stereocenters. The number of fused-ring (bicyclic) bond motifs is 2. The second-order valence-electron chi connectivity index (χ2n) is 6.70. The molecule has 106 valence electrons. The fraction of sp³-hybridized carbons (Fsp3) is 0.588. The van der Waals surface area contributed by atoms with Gasteiger partial charge in [0.15, 0.2) is 0 Å². The van der Waals surface area contributed by atoms with E-state index in [-0.39, 0.29) is 0 Å². The lowest BCUT2D eigenvalue weighted by Crippen LogP contribution is -2.35. The first-order valence-corrected chi connectivity index (χ1v) is 8.65. The Bertz CT molecular complexity index is 575. The lowest BCUT2D eigenvalue weighted by molar-refractivity contribution is 0.250. The Morgan fingerprint density at radius 2 is 2.10 bits per heavy atom. The summed E-state index contributed by atoms with van der Waals surface area (Å²) < 4.78 is 1.34. The third-order valence-electron chi connectivity index (χ3n) is 5.07. The molecule has 1 aromatic carbocycles. The average Bonchev–Trinajstić information content (AvgIpc) is 2.89. The molecule has 0 spiro atoms. The van der Waals surface area contributed by atoms with Crippen molar-refractivity contribution in [2.75, 3.05) is 13.1 Å². The zero-order valence-electron chi connectivity index (χ0n) is 12.1. The first kappa shape index (κ1) is 12.8. The highest BCUT2D eigenvalue weighted by atomic mass is 32.1. The molecule has 2 aliphatic rings. The summed E-state index contributed by atoms with van der Waals surface area (Å²) in [5, 5.41) is 4.94. The van der Waals surface area contributed by atoms with Crippen LogP contribution in [0.4, 0.5) is 0 Å². The highest BCUT2D eigenvalue weighted by Crippen LogP contribution is 2.60. The Hall–Kier alpha value is -0.930. The van der Waals surface area contributed by atoms with Gasteiger partial charge in [0.05, 0.1) is 15.2 Å². The van der Waals surface area contributed by atoms with Crippen LogP contribution in [0.5, 0.6) is 0 Å². The monoisotopic (exact) mass is 286 g/mol. The maximum atomic E-state index is 4.86. The number of hydrogen-bond donors (Lipinski definition) is 1. The van der Waals surface area contributed by atoms with Crippen molar-refractivity contribution in [3.8, 4) is 0 Å². The smallest absolute Gasteiger partial charge is 0.0944 e. The SMILES string of the molecule is CCNCC1(Cc2nc3ccccc3s2)CC2CC2C1. The highest BCUT2D eigenvalue weighted by Gasteiger charge is 2.53. The van der Waals surface area contributed by atoms with Gasteiger partial charge in [-0.2, -0.15) is 0 Å². The molecule has 2 saturated carbocycles. The lowest BCUT2D eigenvalue weighted by atomic mass is 9.80. The van der Waals surface area contributed by atoms with E-state index in [0.717, 1.165) is 18.4 Å². The van der Waals surface area contributed by atoms with E-state index in [1.165, 1.54) is 47.5 Å². The molecule has 2 nitrogen and oxygen atoms in total. The van der Waals surface area contributed by atoms with Crippen LogP contribution in [-0.4, -0.2) is 18.1 Å². The van der Waals surface area contributed by atoms with Crippen LogP contribution in [0, 0.1) is 17.3 Å². The van der Waals surface area contributed by atoms with E-state index in [4.69, 9.17) is 4.98 Å². The molecule has 2 aliphatic carbocycles. The highest BCUT2D eigenvalue weighted by molar-refractivity contribution is 7.18. The molecule has 3 heteroatoms. The third-order valence-corrected chi connectivity index (χ3v) is 6.11. The van der Waals surface area contributed by atoms with Gasteiger partial charge in [-0.05, 0) is 55.2 Å². The summed E-state index contributed by atoms with van der Waals surface area (Å²) in [4.78, 5) is 4.86. The first-order chi connectivity index (χ1) is 9.78. The second-order valence-corrected chi connectivity index (χ2v) is 7.81. The van der Waals surface area contributed by atoms with Crippen LogP contribution in [0.15, 0.2) is 24.3 Å². The van der Waals surface area contributed by atoms with Gasteiger partial charge in [-0.3, -0.25) is 0 Å². The first-order valence-electron chi connectivity index (χ1n) is 7.83. The van der Waals surface area contributed by atoms with Crippen molar-refractivity contribution < 1.29 is 0 Å². The van der Waals surface area contributed by atoms with E-state index in [1.54, 1.807) is 0 Å². The quantitative estimate of drug-likeness (QED) is 0.902. The van der Waals surface area contributed by atoms with Gasteiger partial charge in [-0.25, -0.2) is 4.98 Å². The minimum atomic E-state index is 0.484. The predicted octanol–water partition coefficient (Wildman–Crippen LogP) is 3.86. The van der Waals surface area contributed by atoms with Crippen molar-refractivity contribution in [1.29, 1.82) is 0 Å². The zero-order chi connectivity index (χ0) is 13.6. The van der Waals surface area contributed by atoms with Gasteiger partial charge < -0.3 is 5.32 Å². The number of aromatic nitrogens is 1. The molecule has 1 aromatic heterocycles. The van der Waals surface area contributed by atoms with Gasteiger partial charge in [0.1, 0.15) is 0 Å². The molecule has 2 fully saturated rings. The van der Waals surface area contributed by atoms with Crippen LogP contribution in [0.2, 0.25) is 0 Å². The van der Waals surface area contributed by atoms with Crippen molar-refractivity contribution >= 4 is 21.6 Å². The summed E-state index contributed by atoms with van der Waals surface area (Å²) in [5.41, 5.74) is 1.66. The Balaban J connectivity index is 1.57. The number of benzene rings is 1. The fourth-order valence-electron chi connectivity index (χ4n) is 4.06. The molecule has 20 heavy (non-hydrogen) atoms. The van der Waals surface area contributed by atoms with Crippen molar-refractivity contribution in [1.82, 2.24) is 10.3 Å². The van der Waals surface area contributed by atoms with Crippen LogP contribution < -0.4 is 5.32 Å². The fourth-order valence-corrected chi connectivity index (χ4v) is 5.20. The normalized spacial score (nSPS) is 31.6. The van der Waals surface area contributed by atoms with Crippen molar-refractivity contribution in [2.24, 2.45) is 17.3 Å². The number of nitrogens with one attached hydrogen (secondary N) is 1. The van der Waals surface area contributed by atoms with Gasteiger partial charge >= 0.3 is 0 Å². The van der Waals surface area contributed by atoms with Crippen LogP contribution >= 0.6 is 11.3 Å². The molecular weight excluding hydrogens is 264 g/mol. The zero-order valence-corrected chi connectivity index (χ0v) is 12.9. The van der Waals surface area contributed by atoms with Gasteiger partial charge in [0.2, 0.25) is 0 Å². The van der Waals surface area contributed by atoms with Gasteiger partial charge in [0.25, 0.3) is 0 Å². The lowest BCUT2D eigenvalue weighted by Gasteiger charge is -2.30. The molecule has 1 heterocycles. The number of nitrogens with zero attached hydrogens (tertiary/aromatic N) is 1. The van der Waals surface area contributed by atoms with E-state index in [9.17, 15) is 0 Å². The van der Waals surface area contributed by atoms with Crippen LogP contribution in [-0.2, 0) is 6.42 Å². The number of hydrogen-bond acceptors (Lipinski definition) is 3. The number of rotatable bonds is 5. The summed E-state index contributed by atoms with van der Waals surface area (Å²) in [6.45, 7) is 4.46. The molecule has 0 saturated heterocycles. The van der Waals surface area contributed by atoms with Crippen molar-refractivity contribution in [3.05, 3.63) is 29.3 Å². The Morgan fingerprint density at radius 3 is 2.85 bits per heavy atom. The van der Waals surface area contributed by atoms with E-state index in [1.807, 2.05) is 11.3 Å². The maximum absolute atomic E-state index is 4.86. The maximum Gasteiger partial charge on any atom is 0.0944 e. The summed E-state index contributed by atoms with van der Waals surface area (Å²) in [6, 6.07) is 8.53. The molecular formula is C17H22N2S. The largest absolute Gasteiger partial charge is 0.316 e. The second kappa shape index (κ2) is 4.81. The van der Waals surface area contributed by atoms with E-state index >= 15 is 0 Å². The van der Waals surface area contributed by atoms with E-state index in [0.29, 0.717) is 5.41 Å². The third kappa shape index (κ3) is 2.27. The number of para-hydroxylation sites is 1. The molecule has 0 amide bonds. The Kier molecular flexibility index (Phi) is 3.08. The van der Waals surface area contributed by atoms with E-state index in [2.05, 4.69) is 36.5 Å². The minimum absolute atomic E-state index is 0.484. The Labute approximate surface area is 124 Å². The summed E-state index contributed by atoms with van der Waals surface area (Å²) in [5.74, 6) is 2.06. The van der Waals surface area contributed by atoms with Crippen molar-refractivity contribution in [2.45, 2.75) is 32.6 Å². The van der Waals surface area contributed by atoms with Gasteiger partial charge in [0, 0.05) is 13.0 Å². The molecule has 2 aromatic rings. The van der Waals surface area contributed by atoms with E-state index < -0.39 is 0 Å². The van der Waals surface area contributed by atoms with Gasteiger partial charge in [-0.1, -0.05) is 19.1 Å². The molecule has 0 radical (unpaired) electrons. The summed E-state index contributed by atoms with van der Waals surface area (Å²) >= 11 is 1.89. The predicted molar refractivity (Wildman–Crippen MR) is 85.1 cm³/mol. The average molecular weight is 286 g/mol. The summed E-state index contributed by atoms with van der Waals surface area (Å²) in [7, 11) is 0. The Morgan fingerprint density at radius 1 is 1.30 bits per heavy atom. The topological polar surface area (TPSA) is 24.9 Å². The van der Waals surface area contributed by atoms with Gasteiger partial charge in [-0.15, -0.1) is 11.3 Å². The summed E-state index contributed by atoms with van der Waals surface area (Å²) in [6.07, 6.45) is 5.50. The molecule has 0 bridgehead atoms. The van der Waals surface area contributed by atoms with Crippen LogP contribution in [0.3, 0.4) is 0 Å². The minimum Gasteiger partial charge on any atom is -0.316 e. The van der Waals surface area contributed by atoms with Crippen LogP contribution in [0.25, 0.3) is 10.2 Å². The van der Waals surface area contributed by atoms with Crippen molar-refractivity contribution in [3.63, 3.8) is 0 Å². The molecule has 0 aliphatic heterocycles. The molecule has 1 N–H and O–H groups in total. The number of thiazole rings is 1. The van der Waals surface area contributed by atoms with Crippen LogP contribution in [0.1, 0.15) is 31.2 Å². The molecule has 2 atom stereocenters. The standard InChI is InChI=1S/C17H22N2S/c1-2-18-11-17(8-12-7-13(12)9-17)10-16-19-14-5-3-4-6-15(14)20-16/h3-6,12-13,18H,2,7-11H2,1H3.